The van der Waals surface area contributed by atoms with Crippen LogP contribution < -0.4 is 43.7 Å². The highest BCUT2D eigenvalue weighted by molar-refractivity contribution is 7.76. The quantitative estimate of drug-likeness (QED) is 0.0155. The van der Waals surface area contributed by atoms with Gasteiger partial charge in [0.1, 0.15) is 105 Å². The molecule has 0 fully saturated rings. The molecule has 0 atom stereocenters. The molecule has 0 aliphatic heterocycles. The van der Waals surface area contributed by atoms with E-state index in [2.05, 4.69) is 132 Å². The van der Waals surface area contributed by atoms with Gasteiger partial charge in [0.25, 0.3) is 0 Å². The molecule has 0 N–H and O–H groups in total. The van der Waals surface area contributed by atoms with Crippen LogP contribution in [-0.4, -0.2) is 55.4 Å². The van der Waals surface area contributed by atoms with E-state index in [9.17, 15) is 0 Å². The standard InChI is InChI=1S/2C32H12BF16.C21H36P.C16H36P/c2*1-5-9-17(34)25(42)13(26(43)18(9)35)33(14-27(44)19(36)10(6-2)20(37)28(14)45,15-29(46)21(38)11(7-3)22(39)30(15)47)16-31(48)23(40)12(8-4)24(41)32(16)49;1-5-9-16-22(17-10-6-2,18-11-7-3)19-21-14-12-20(8-4)13-15-21;1-5-9-13-17(14-10-6-2,15-11-7-3)16-12-8-4/h2*5-8H,1-4H2;8,12-15H,4-7,9-11,16-19H2,1-3H3;5-16H2,1-4H3/q2*-1;2*+1. The molecule has 0 amide bonds. The van der Waals surface area contributed by atoms with Gasteiger partial charge in [-0.3, -0.25) is 0 Å². The lowest BCUT2D eigenvalue weighted by molar-refractivity contribution is 0.450. The highest BCUT2D eigenvalue weighted by Crippen LogP contribution is 2.64. The summed E-state index contributed by atoms with van der Waals surface area (Å²) in [6.45, 7) is 42.9. The zero-order chi connectivity index (χ0) is 104. The number of hydrogen-bond donors (Lipinski definition) is 0. The van der Waals surface area contributed by atoms with Crippen molar-refractivity contribution in [3.05, 3.63) is 325 Å². The van der Waals surface area contributed by atoms with Gasteiger partial charge >= 0.3 is 0 Å². The Balaban J connectivity index is 0.000000306. The molecule has 36 heteroatoms. The maximum atomic E-state index is 16.1. The molecule has 0 saturated heterocycles. The summed E-state index contributed by atoms with van der Waals surface area (Å²) in [7, 11) is -1.38. The van der Waals surface area contributed by atoms with E-state index in [0.29, 0.717) is 0 Å². The first-order valence-electron chi connectivity index (χ1n) is 43.3. The lowest BCUT2D eigenvalue weighted by Crippen LogP contribution is -2.81. The van der Waals surface area contributed by atoms with Crippen molar-refractivity contribution in [2.45, 2.75) is 145 Å². The first-order chi connectivity index (χ1) is 64.6. The lowest BCUT2D eigenvalue weighted by Gasteiger charge is -2.45. The van der Waals surface area contributed by atoms with E-state index in [4.69, 9.17) is 0 Å². The highest BCUT2D eigenvalue weighted by Gasteiger charge is 2.55. The zero-order valence-corrected chi connectivity index (χ0v) is 77.4. The van der Waals surface area contributed by atoms with Gasteiger partial charge in [-0.25, -0.2) is 140 Å². The number of hydrogen-bond acceptors (Lipinski definition) is 0. The molecule has 0 bridgehead atoms. The molecule has 0 saturated carbocycles. The molecule has 0 nitrogen and oxygen atoms in total. The third-order valence-electron chi connectivity index (χ3n) is 24.4. The molecule has 0 aliphatic rings. The van der Waals surface area contributed by atoms with E-state index in [1.807, 2.05) is 6.08 Å². The van der Waals surface area contributed by atoms with Gasteiger partial charge in [0, 0.05) is 14.5 Å². The third kappa shape index (κ3) is 21.6. The van der Waals surface area contributed by atoms with Crippen LogP contribution in [0.4, 0.5) is 140 Å². The van der Waals surface area contributed by atoms with E-state index in [-0.39, 0.29) is 48.6 Å². The minimum absolute atomic E-state index is 0.0213. The SMILES string of the molecule is C=Cc1c(F)c(F)c([B-](c2c(F)c(F)c(C=C)c(F)c2F)(c2c(F)c(F)c(C=C)c(F)c2F)c2c(F)c(F)c(C=C)c(F)c2F)c(F)c1F.C=Cc1c(F)c(F)c([B-](c2c(F)c(F)c(C=C)c(F)c2F)(c2c(F)c(F)c(C=C)c(F)c2F)c2c(F)c(F)c(C=C)c(F)c2F)c(F)c1F.C=Cc1ccc(C[P+](CCCC)(CCCC)CCCC)cc1.CCCC[P+](CCCC)(CCCC)CCCC. The Hall–Kier alpha value is -10.6. The smallest absolute Gasteiger partial charge is 0.165 e. The molecule has 740 valence electrons. The Labute approximate surface area is 775 Å². The van der Waals surface area contributed by atoms with Crippen molar-refractivity contribution in [2.75, 3.05) is 43.1 Å². The van der Waals surface area contributed by atoms with Crippen LogP contribution in [0.25, 0.3) is 54.7 Å². The first kappa shape index (κ1) is 115. The van der Waals surface area contributed by atoms with E-state index in [1.54, 1.807) is 30.2 Å². The zero-order valence-electron chi connectivity index (χ0n) is 75.6. The normalized spacial score (nSPS) is 11.6. The molecule has 9 aromatic rings. The molecule has 9 rings (SSSR count). The predicted octanol–water partition coefficient (Wildman–Crippen LogP) is 29.2. The van der Waals surface area contributed by atoms with Crippen molar-refractivity contribution < 1.29 is 140 Å². The fourth-order valence-corrected chi connectivity index (χ4v) is 27.8. The van der Waals surface area contributed by atoms with Gasteiger partial charge in [0.15, 0.2) is 93.1 Å². The lowest BCUT2D eigenvalue weighted by atomic mass is 9.12. The summed E-state index contributed by atoms with van der Waals surface area (Å²) in [5.74, 6) is -95.0. The monoisotopic (exact) mass is 2000 g/mol. The summed E-state index contributed by atoms with van der Waals surface area (Å²) in [5.41, 5.74) is -36.5. The number of unbranched alkanes of at least 4 members (excludes halogenated alkanes) is 7. The minimum Gasteiger partial charge on any atom is -0.207 e. The Morgan fingerprint density at radius 2 is 0.307 bits per heavy atom. The summed E-state index contributed by atoms with van der Waals surface area (Å²) in [5, 5.41) is 0. The molecule has 0 unspecified atom stereocenters. The second kappa shape index (κ2) is 49.3. The molecule has 0 spiro atoms. The summed E-state index contributed by atoms with van der Waals surface area (Å²) in [6.07, 6.45) is 20.8. The maximum Gasteiger partial charge on any atom is 0.165 e. The Kier molecular flexibility index (Phi) is 41.4. The van der Waals surface area contributed by atoms with Crippen LogP contribution in [0.3, 0.4) is 0 Å². The van der Waals surface area contributed by atoms with Crippen molar-refractivity contribution in [1.82, 2.24) is 0 Å². The van der Waals surface area contributed by atoms with Gasteiger partial charge in [-0.1, -0.05) is 232 Å². The van der Waals surface area contributed by atoms with Crippen molar-refractivity contribution >= 4 is 125 Å². The van der Waals surface area contributed by atoms with E-state index >= 15 is 140 Å². The summed E-state index contributed by atoms with van der Waals surface area (Å²) < 4.78 is 503. The highest BCUT2D eigenvalue weighted by atomic mass is 31.2. The van der Waals surface area contributed by atoms with Crippen molar-refractivity contribution in [3.8, 4) is 0 Å². The maximum absolute atomic E-state index is 16.1. The second-order valence-corrected chi connectivity index (χ2v) is 41.2. The van der Waals surface area contributed by atoms with Crippen LogP contribution in [0, 0.1) is 186 Å². The van der Waals surface area contributed by atoms with Crippen LogP contribution in [0.1, 0.15) is 194 Å². The molecule has 0 aromatic heterocycles. The van der Waals surface area contributed by atoms with E-state index in [0.717, 1.165) is 0 Å². The number of benzene rings is 9. The van der Waals surface area contributed by atoms with Gasteiger partial charge in [-0.2, -0.15) is 0 Å². The molecule has 137 heavy (non-hydrogen) atoms. The molecule has 0 radical (unpaired) electrons. The van der Waals surface area contributed by atoms with Crippen LogP contribution in [-0.2, 0) is 6.16 Å². The molecule has 0 aliphatic carbocycles. The van der Waals surface area contributed by atoms with Crippen LogP contribution in [0.15, 0.2) is 83.5 Å². The summed E-state index contributed by atoms with van der Waals surface area (Å²) in [6, 6.07) is 9.15. The summed E-state index contributed by atoms with van der Waals surface area (Å²) >= 11 is 0. The van der Waals surface area contributed by atoms with Gasteiger partial charge in [-0.15, -0.1) is 43.7 Å². The van der Waals surface area contributed by atoms with E-state index in [1.165, 1.54) is 120 Å². The van der Waals surface area contributed by atoms with Gasteiger partial charge in [0.2, 0.25) is 0 Å². The first-order valence-corrected chi connectivity index (χ1v) is 48.3. The Morgan fingerprint density at radius 1 is 0.182 bits per heavy atom. The average Bonchev–Trinajstić information content (AvgIpc) is 0.682. The van der Waals surface area contributed by atoms with E-state index < -0.39 is 301 Å². The van der Waals surface area contributed by atoms with Gasteiger partial charge in [0.05, 0.1) is 93.8 Å². The Morgan fingerprint density at radius 3 is 0.416 bits per heavy atom. The van der Waals surface area contributed by atoms with Crippen LogP contribution >= 0.6 is 14.5 Å². The Bertz CT molecular complexity index is 4890. The fourth-order valence-electron chi connectivity index (χ4n) is 17.4. The second-order valence-electron chi connectivity index (χ2n) is 32.4. The molecule has 0 heterocycles. The van der Waals surface area contributed by atoms with Crippen molar-refractivity contribution in [2.24, 2.45) is 0 Å². The van der Waals surface area contributed by atoms with Gasteiger partial charge < -0.3 is 0 Å². The van der Waals surface area contributed by atoms with Crippen molar-refractivity contribution in [1.29, 1.82) is 0 Å². The topological polar surface area (TPSA) is 0 Å². The molecule has 9 aromatic carbocycles. The third-order valence-corrected chi connectivity index (χ3v) is 34.3. The number of rotatable bonds is 40. The van der Waals surface area contributed by atoms with Gasteiger partial charge in [-0.05, 0) is 56.1 Å². The van der Waals surface area contributed by atoms with Crippen molar-refractivity contribution in [3.63, 3.8) is 0 Å². The molecular weight excluding hydrogens is 1900 g/mol. The average molecular weight is 2000 g/mol. The predicted molar refractivity (Wildman–Crippen MR) is 492 cm³/mol. The minimum atomic E-state index is -6.71. The van der Waals surface area contributed by atoms with Crippen LogP contribution in [0.2, 0.25) is 0 Å². The summed E-state index contributed by atoms with van der Waals surface area (Å²) in [4.78, 5) is 0. The fraction of sp³-hybridized carbons (Fsp3) is 0.287. The largest absolute Gasteiger partial charge is 0.207 e. The molecular formula is C101H96B2F32P2. The number of halogens is 32. The van der Waals surface area contributed by atoms with Crippen LogP contribution in [0.5, 0.6) is 0 Å².